The molecule has 1 saturated carbocycles. The first-order chi connectivity index (χ1) is 40.4. The molecule has 2 unspecified atom stereocenters. The van der Waals surface area contributed by atoms with Crippen molar-refractivity contribution in [2.24, 2.45) is 0 Å². The van der Waals surface area contributed by atoms with Crippen LogP contribution < -0.4 is 15.9 Å². The number of carbonyl (C=O) groups excluding carboxylic acids is 1. The molecule has 11 aromatic carbocycles. The molecule has 0 bridgehead atoms. The molecule has 396 valence electrons. The largest absolute Gasteiger partial charge is 0.309 e. The van der Waals surface area contributed by atoms with E-state index in [1.54, 1.807) is 0 Å². The minimum Gasteiger partial charge on any atom is -0.309 e. The predicted molar refractivity (Wildman–Crippen MR) is 345 cm³/mol. The topological polar surface area (TPSA) is 34.1 Å². The average molecular weight is 1080 g/mol. The lowest BCUT2D eigenvalue weighted by Crippen LogP contribution is -2.31. The highest BCUT2D eigenvalue weighted by atomic mass is 31.2. The maximum absolute atomic E-state index is 16.5. The number of benzene rings is 11. The molecule has 3 heteroatoms. The maximum Gasteiger partial charge on any atom is 0.171 e. The molecule has 2 atom stereocenters. The first-order valence-corrected chi connectivity index (χ1v) is 30.6. The van der Waals surface area contributed by atoms with Crippen LogP contribution in [0, 0.1) is 0 Å². The Morgan fingerprint density at radius 1 is 0.354 bits per heavy atom. The number of rotatable bonds is 14. The Balaban J connectivity index is 0.899. The summed E-state index contributed by atoms with van der Waals surface area (Å²) < 4.78 is 16.5. The number of aldehydes is 1. The summed E-state index contributed by atoms with van der Waals surface area (Å²) in [5, 5.41) is 2.42. The molecule has 0 saturated heterocycles. The van der Waals surface area contributed by atoms with Crippen LogP contribution in [0.25, 0.3) is 77.9 Å². The minimum absolute atomic E-state index is 0.103. The molecule has 0 radical (unpaired) electrons. The number of allylic oxidation sites excluding steroid dienone is 4. The van der Waals surface area contributed by atoms with E-state index in [0.717, 1.165) is 116 Å². The van der Waals surface area contributed by atoms with Gasteiger partial charge in [0.25, 0.3) is 0 Å². The Labute approximate surface area is 483 Å². The van der Waals surface area contributed by atoms with Crippen molar-refractivity contribution in [3.63, 3.8) is 0 Å². The molecule has 0 heterocycles. The van der Waals surface area contributed by atoms with E-state index in [1.807, 2.05) is 42.5 Å². The quantitative estimate of drug-likeness (QED) is 0.0803. The minimum atomic E-state index is -3.40. The van der Waals surface area contributed by atoms with Gasteiger partial charge in [-0.1, -0.05) is 268 Å². The molecule has 11 aromatic rings. The van der Waals surface area contributed by atoms with Crippen LogP contribution in [0.5, 0.6) is 0 Å². The second-order valence-electron chi connectivity index (χ2n) is 22.1. The Bertz CT molecular complexity index is 4060. The lowest BCUT2D eigenvalue weighted by Gasteiger charge is -2.40. The summed E-state index contributed by atoms with van der Waals surface area (Å²) in [7, 11) is -3.40. The highest BCUT2D eigenvalue weighted by molar-refractivity contribution is 7.85. The van der Waals surface area contributed by atoms with Crippen molar-refractivity contribution in [2.45, 2.75) is 49.9 Å². The molecule has 2 nitrogen and oxygen atoms in total. The van der Waals surface area contributed by atoms with Crippen molar-refractivity contribution >= 4 is 29.3 Å². The number of hydrogen-bond donors (Lipinski definition) is 0. The normalized spacial score (nSPS) is 15.5. The van der Waals surface area contributed by atoms with Crippen LogP contribution in [0.15, 0.2) is 303 Å². The van der Waals surface area contributed by atoms with Gasteiger partial charge in [-0.3, -0.25) is 4.79 Å². The van der Waals surface area contributed by atoms with Gasteiger partial charge in [0.05, 0.1) is 0 Å². The zero-order valence-corrected chi connectivity index (χ0v) is 46.8. The summed E-state index contributed by atoms with van der Waals surface area (Å²) in [6.07, 6.45) is 13.4. The molecule has 82 heavy (non-hydrogen) atoms. The smallest absolute Gasteiger partial charge is 0.171 e. The highest BCUT2D eigenvalue weighted by Crippen LogP contribution is 2.50. The van der Waals surface area contributed by atoms with Crippen LogP contribution in [0.2, 0.25) is 0 Å². The third kappa shape index (κ3) is 10.3. The Morgan fingerprint density at radius 3 is 1.27 bits per heavy atom. The Kier molecular flexibility index (Phi) is 14.7. The highest BCUT2D eigenvalue weighted by Gasteiger charge is 2.38. The summed E-state index contributed by atoms with van der Waals surface area (Å²) in [5.41, 5.74) is 20.0. The van der Waals surface area contributed by atoms with Crippen LogP contribution in [-0.2, 0) is 14.8 Å². The number of carbonyl (C=O) groups is 1. The number of hydrogen-bond acceptors (Lipinski definition) is 2. The molecule has 0 amide bonds. The van der Waals surface area contributed by atoms with Gasteiger partial charge >= 0.3 is 0 Å². The van der Waals surface area contributed by atoms with E-state index in [1.165, 1.54) is 45.4 Å². The van der Waals surface area contributed by atoms with Crippen molar-refractivity contribution in [1.82, 2.24) is 0 Å². The molecule has 1 fully saturated rings. The van der Waals surface area contributed by atoms with Gasteiger partial charge in [-0.25, -0.2) is 0 Å². The van der Waals surface area contributed by atoms with Gasteiger partial charge in [-0.15, -0.1) is 0 Å². The Morgan fingerprint density at radius 2 is 0.756 bits per heavy atom. The summed E-state index contributed by atoms with van der Waals surface area (Å²) in [4.78, 5) is 13.0. The van der Waals surface area contributed by atoms with Gasteiger partial charge in [0.15, 0.2) is 7.14 Å². The lowest BCUT2D eigenvalue weighted by atomic mass is 9.64. The van der Waals surface area contributed by atoms with Crippen LogP contribution >= 0.6 is 7.14 Å². The summed E-state index contributed by atoms with van der Waals surface area (Å²) in [6.45, 7) is 0. The predicted octanol–water partition coefficient (Wildman–Crippen LogP) is 19.4. The van der Waals surface area contributed by atoms with E-state index < -0.39 is 7.14 Å². The third-order valence-corrected chi connectivity index (χ3v) is 20.3. The Hall–Kier alpha value is -9.20. The van der Waals surface area contributed by atoms with Gasteiger partial charge < -0.3 is 4.57 Å². The van der Waals surface area contributed by atoms with Crippen molar-refractivity contribution in [1.29, 1.82) is 0 Å². The van der Waals surface area contributed by atoms with E-state index >= 15 is 4.57 Å². The average Bonchev–Trinajstić information content (AvgIpc) is 2.90. The van der Waals surface area contributed by atoms with E-state index in [2.05, 4.69) is 255 Å². The van der Waals surface area contributed by atoms with Gasteiger partial charge in [0, 0.05) is 27.2 Å². The van der Waals surface area contributed by atoms with Crippen molar-refractivity contribution in [3.8, 4) is 77.9 Å². The second-order valence-corrected chi connectivity index (χ2v) is 24.9. The fourth-order valence-corrected chi connectivity index (χ4v) is 15.7. The van der Waals surface area contributed by atoms with Gasteiger partial charge in [0.1, 0.15) is 6.29 Å². The molecule has 13 rings (SSSR count). The van der Waals surface area contributed by atoms with Crippen molar-refractivity contribution < 1.29 is 9.36 Å². The zero-order chi connectivity index (χ0) is 55.3. The van der Waals surface area contributed by atoms with Crippen LogP contribution in [0.3, 0.4) is 0 Å². The van der Waals surface area contributed by atoms with Crippen LogP contribution in [0.4, 0.5) is 0 Å². The van der Waals surface area contributed by atoms with Gasteiger partial charge in [-0.05, 0) is 168 Å². The summed E-state index contributed by atoms with van der Waals surface area (Å²) in [5.74, 6) is -0.103. The van der Waals surface area contributed by atoms with Crippen molar-refractivity contribution in [2.75, 3.05) is 0 Å². The molecule has 0 aliphatic heterocycles. The van der Waals surface area contributed by atoms with Crippen LogP contribution in [0.1, 0.15) is 61.1 Å². The summed E-state index contributed by atoms with van der Waals surface area (Å²) >= 11 is 0. The first kappa shape index (κ1) is 52.2. The van der Waals surface area contributed by atoms with E-state index in [-0.39, 0.29) is 11.3 Å². The lowest BCUT2D eigenvalue weighted by molar-refractivity contribution is -0.105. The second kappa shape index (κ2) is 23.1. The fraction of sp³-hybridized carbons (Fsp3) is 0.101. The first-order valence-electron chi connectivity index (χ1n) is 28.9. The molecule has 2 aliphatic rings. The standard InChI is InChI=1S/C79H63O2P/c80-56-64-31-17-18-38-76(64)78-55-72(41-44-77(78)63-34-21-32-61(47-63)69-50-65(57-23-7-1-8-24-57)48-66(51-69)58-25-9-2-10-26-58)79(45-19-6-20-46-79)71-39-42-74(43-40-71)82(81,73-35-15-5-16-36-73)75-37-22-33-62(54-75)70-52-67(59-27-11-3-12-28-59)49-68(53-70)60-29-13-4-14-30-60/h1-5,7-18,21-37,39-44,47-56,76H,6,19-20,38,45-46H2. The molecule has 2 aliphatic carbocycles. The van der Waals surface area contributed by atoms with Crippen LogP contribution in [-0.4, -0.2) is 6.29 Å². The third-order valence-electron chi connectivity index (χ3n) is 17.3. The maximum atomic E-state index is 16.5. The van der Waals surface area contributed by atoms with Gasteiger partial charge in [0.2, 0.25) is 0 Å². The molecule has 0 spiro atoms. The van der Waals surface area contributed by atoms with E-state index in [9.17, 15) is 4.79 Å². The van der Waals surface area contributed by atoms with Crippen molar-refractivity contribution in [3.05, 3.63) is 320 Å². The molecule has 0 N–H and O–H groups in total. The monoisotopic (exact) mass is 1070 g/mol. The SMILES string of the molecule is O=CC1=CC=CCC1c1cc(C2(c3ccc(P(=O)(c4ccccc4)c4cccc(-c5cc(-c6ccccc6)cc(-c6ccccc6)c5)c4)cc3)CCCCC2)ccc1-c1cccc(-c2cc(-c3ccccc3)cc(-c3ccccc3)c2)c1. The van der Waals surface area contributed by atoms with E-state index in [0.29, 0.717) is 0 Å². The zero-order valence-electron chi connectivity index (χ0n) is 46.0. The molecular formula is C79H63O2P. The van der Waals surface area contributed by atoms with Gasteiger partial charge in [-0.2, -0.15) is 0 Å². The molecular weight excluding hydrogens is 1010 g/mol. The molecule has 0 aromatic heterocycles. The summed E-state index contributed by atoms with van der Waals surface area (Å²) in [6, 6.07) is 99.5. The fourth-order valence-electron chi connectivity index (χ4n) is 13.0. The van der Waals surface area contributed by atoms with E-state index in [4.69, 9.17) is 0 Å².